The lowest BCUT2D eigenvalue weighted by atomic mass is 10.1. The van der Waals surface area contributed by atoms with Gasteiger partial charge in [0.05, 0.1) is 23.8 Å². The zero-order valence-electron chi connectivity index (χ0n) is 10.7. The highest BCUT2D eigenvalue weighted by Crippen LogP contribution is 2.32. The van der Waals surface area contributed by atoms with Crippen LogP contribution in [-0.2, 0) is 0 Å². The molecule has 20 heavy (non-hydrogen) atoms. The molecule has 0 radical (unpaired) electrons. The summed E-state index contributed by atoms with van der Waals surface area (Å²) in [6.45, 7) is 0. The van der Waals surface area contributed by atoms with E-state index in [0.29, 0.717) is 16.9 Å². The van der Waals surface area contributed by atoms with Crippen LogP contribution < -0.4 is 10.5 Å². The number of nitrogen functional groups attached to an aromatic ring is 1. The van der Waals surface area contributed by atoms with Crippen molar-refractivity contribution in [3.8, 4) is 5.75 Å². The highest BCUT2D eigenvalue weighted by Gasteiger charge is 2.08. The maximum Gasteiger partial charge on any atom is 0.119 e. The van der Waals surface area contributed by atoms with Crippen molar-refractivity contribution in [2.75, 3.05) is 12.8 Å². The summed E-state index contributed by atoms with van der Waals surface area (Å²) in [7, 11) is 1.61. The van der Waals surface area contributed by atoms with Crippen molar-refractivity contribution < 1.29 is 4.74 Å². The number of benzene rings is 2. The van der Waals surface area contributed by atoms with E-state index in [4.69, 9.17) is 16.0 Å². The molecule has 6 nitrogen and oxygen atoms in total. The Bertz CT molecular complexity index is 868. The number of nitrogens with two attached hydrogens (primary N) is 1. The molecule has 1 heterocycles. The van der Waals surface area contributed by atoms with E-state index in [1.165, 1.54) is 0 Å². The van der Waals surface area contributed by atoms with Crippen LogP contribution in [0.2, 0.25) is 0 Å². The van der Waals surface area contributed by atoms with Crippen LogP contribution in [0.25, 0.3) is 32.2 Å². The van der Waals surface area contributed by atoms with Gasteiger partial charge in [-0.3, -0.25) is 0 Å². The van der Waals surface area contributed by atoms with E-state index in [2.05, 4.69) is 15.0 Å². The van der Waals surface area contributed by atoms with Gasteiger partial charge in [0.25, 0.3) is 0 Å². The Morgan fingerprint density at radius 3 is 2.75 bits per heavy atom. The summed E-state index contributed by atoms with van der Waals surface area (Å²) in [5, 5.41) is 5.24. The molecule has 0 spiro atoms. The Labute approximate surface area is 114 Å². The van der Waals surface area contributed by atoms with Crippen LogP contribution >= 0.6 is 0 Å². The fourth-order valence-corrected chi connectivity index (χ4v) is 2.18. The molecule has 0 amide bonds. The highest BCUT2D eigenvalue weighted by molar-refractivity contribution is 6.07. The van der Waals surface area contributed by atoms with E-state index in [-0.39, 0.29) is 0 Å². The number of methoxy groups -OCH3 is 1. The second-order valence-electron chi connectivity index (χ2n) is 4.30. The van der Waals surface area contributed by atoms with Crippen LogP contribution in [0.1, 0.15) is 0 Å². The summed E-state index contributed by atoms with van der Waals surface area (Å²) in [4.78, 5) is 7.31. The molecule has 0 aliphatic carbocycles. The van der Waals surface area contributed by atoms with Crippen molar-refractivity contribution >= 4 is 33.2 Å². The van der Waals surface area contributed by atoms with Crippen LogP contribution in [0.15, 0.2) is 41.5 Å². The van der Waals surface area contributed by atoms with Gasteiger partial charge in [-0.05, 0) is 29.8 Å². The first-order valence-electron chi connectivity index (χ1n) is 5.95. The standard InChI is InChI=1S/C14H11N5O/c1-20-9-3-5-12-11(7-9)14(15)10-4-2-8(18-19-16)6-13(10)17-12/h2-7H,1H3,(H2,15,17). The Morgan fingerprint density at radius 1 is 1.15 bits per heavy atom. The predicted molar refractivity (Wildman–Crippen MR) is 79.0 cm³/mol. The third kappa shape index (κ3) is 1.84. The number of hydrogen-bond donors (Lipinski definition) is 1. The van der Waals surface area contributed by atoms with Gasteiger partial charge in [-0.1, -0.05) is 17.2 Å². The fourth-order valence-electron chi connectivity index (χ4n) is 2.18. The zero-order chi connectivity index (χ0) is 14.1. The lowest BCUT2D eigenvalue weighted by Crippen LogP contribution is -1.93. The van der Waals surface area contributed by atoms with Gasteiger partial charge < -0.3 is 10.5 Å². The van der Waals surface area contributed by atoms with Gasteiger partial charge in [-0.2, -0.15) is 0 Å². The molecule has 6 heteroatoms. The topological polar surface area (TPSA) is 96.9 Å². The van der Waals surface area contributed by atoms with Crippen LogP contribution in [0.3, 0.4) is 0 Å². The molecular weight excluding hydrogens is 254 g/mol. The summed E-state index contributed by atoms with van der Waals surface area (Å²) in [6.07, 6.45) is 0. The molecule has 0 fully saturated rings. The molecule has 0 saturated carbocycles. The molecule has 3 aromatic rings. The van der Waals surface area contributed by atoms with Crippen LogP contribution in [0, 0.1) is 0 Å². The van der Waals surface area contributed by atoms with E-state index in [1.807, 2.05) is 18.2 Å². The minimum atomic E-state index is 0.514. The predicted octanol–water partition coefficient (Wildman–Crippen LogP) is 3.92. The number of rotatable bonds is 2. The second kappa shape index (κ2) is 4.60. The quantitative estimate of drug-likeness (QED) is 0.329. The second-order valence-corrected chi connectivity index (χ2v) is 4.30. The summed E-state index contributed by atoms with van der Waals surface area (Å²) < 4.78 is 5.20. The maximum atomic E-state index is 8.48. The third-order valence-corrected chi connectivity index (χ3v) is 3.17. The minimum Gasteiger partial charge on any atom is -0.497 e. The van der Waals surface area contributed by atoms with Crippen molar-refractivity contribution in [2.24, 2.45) is 5.11 Å². The summed E-state index contributed by atoms with van der Waals surface area (Å²) >= 11 is 0. The molecule has 0 bridgehead atoms. The fraction of sp³-hybridized carbons (Fsp3) is 0.0714. The lowest BCUT2D eigenvalue weighted by Gasteiger charge is -2.08. The van der Waals surface area contributed by atoms with Gasteiger partial charge in [0, 0.05) is 21.4 Å². The molecular formula is C14H11N5O. The monoisotopic (exact) mass is 265 g/mol. The lowest BCUT2D eigenvalue weighted by molar-refractivity contribution is 0.415. The average molecular weight is 265 g/mol. The first-order valence-corrected chi connectivity index (χ1v) is 5.95. The summed E-state index contributed by atoms with van der Waals surface area (Å²) in [6, 6.07) is 10.8. The van der Waals surface area contributed by atoms with E-state index in [9.17, 15) is 0 Å². The van der Waals surface area contributed by atoms with Gasteiger partial charge in [0.1, 0.15) is 5.75 Å². The molecule has 0 atom stereocenters. The van der Waals surface area contributed by atoms with Crippen LogP contribution in [0.5, 0.6) is 5.75 Å². The molecule has 0 aliphatic rings. The van der Waals surface area contributed by atoms with Gasteiger partial charge >= 0.3 is 0 Å². The normalized spacial score (nSPS) is 10.4. The van der Waals surface area contributed by atoms with Crippen LogP contribution in [-0.4, -0.2) is 12.1 Å². The smallest absolute Gasteiger partial charge is 0.119 e. The minimum absolute atomic E-state index is 0.514. The largest absolute Gasteiger partial charge is 0.497 e. The van der Waals surface area contributed by atoms with E-state index >= 15 is 0 Å². The average Bonchev–Trinajstić information content (AvgIpc) is 2.47. The summed E-state index contributed by atoms with van der Waals surface area (Å²) in [5.74, 6) is 0.732. The molecule has 2 aromatic carbocycles. The molecule has 2 N–H and O–H groups in total. The molecule has 1 aromatic heterocycles. The summed E-state index contributed by atoms with van der Waals surface area (Å²) in [5.41, 5.74) is 17.3. The first-order chi connectivity index (χ1) is 9.72. The number of pyridine rings is 1. The zero-order valence-corrected chi connectivity index (χ0v) is 10.7. The van der Waals surface area contributed by atoms with Gasteiger partial charge in [-0.25, -0.2) is 4.98 Å². The maximum absolute atomic E-state index is 8.48. The van der Waals surface area contributed by atoms with Gasteiger partial charge in [0.15, 0.2) is 0 Å². The number of azide groups is 1. The molecule has 0 aliphatic heterocycles. The van der Waals surface area contributed by atoms with Crippen molar-refractivity contribution in [2.45, 2.75) is 0 Å². The number of fused-ring (bicyclic) bond motifs is 2. The Morgan fingerprint density at radius 2 is 2.00 bits per heavy atom. The Hall–Kier alpha value is -2.98. The number of anilines is 1. The molecule has 3 rings (SSSR count). The Balaban J connectivity index is 2.36. The van der Waals surface area contributed by atoms with Crippen molar-refractivity contribution in [3.63, 3.8) is 0 Å². The first kappa shape index (κ1) is 12.1. The number of hydrogen-bond acceptors (Lipinski definition) is 4. The molecule has 0 saturated heterocycles. The third-order valence-electron chi connectivity index (χ3n) is 3.17. The van der Waals surface area contributed by atoms with Crippen molar-refractivity contribution in [3.05, 3.63) is 46.8 Å². The SMILES string of the molecule is COc1ccc2nc3cc(N=[N+]=[N-])ccc3c(N)c2c1. The van der Waals surface area contributed by atoms with E-state index < -0.39 is 0 Å². The van der Waals surface area contributed by atoms with E-state index in [1.54, 1.807) is 25.3 Å². The number of aromatic nitrogens is 1. The van der Waals surface area contributed by atoms with Gasteiger partial charge in [-0.15, -0.1) is 0 Å². The molecule has 98 valence electrons. The molecule has 0 unspecified atom stereocenters. The van der Waals surface area contributed by atoms with Crippen LogP contribution in [0.4, 0.5) is 11.4 Å². The number of nitrogens with zero attached hydrogens (tertiary/aromatic N) is 4. The van der Waals surface area contributed by atoms with Crippen molar-refractivity contribution in [1.29, 1.82) is 0 Å². The Kier molecular flexibility index (Phi) is 2.78. The van der Waals surface area contributed by atoms with Gasteiger partial charge in [0.2, 0.25) is 0 Å². The van der Waals surface area contributed by atoms with E-state index in [0.717, 1.165) is 22.0 Å². The highest BCUT2D eigenvalue weighted by atomic mass is 16.5. The van der Waals surface area contributed by atoms with Crippen molar-refractivity contribution in [1.82, 2.24) is 4.98 Å². The number of ether oxygens (including phenoxy) is 1.